The lowest BCUT2D eigenvalue weighted by Crippen LogP contribution is -2.33. The van der Waals surface area contributed by atoms with Crippen LogP contribution in [0, 0.1) is 5.92 Å². The summed E-state index contributed by atoms with van der Waals surface area (Å²) in [6.07, 6.45) is 3.40. The number of amides is 1. The van der Waals surface area contributed by atoms with Crippen LogP contribution >= 0.6 is 0 Å². The van der Waals surface area contributed by atoms with Gasteiger partial charge in [-0.15, -0.1) is 0 Å². The Balaban J connectivity index is 2.13. The standard InChI is InChI=1S/C10H16N4O/c1-7-5-14(6-8(7)11)10(15)9-12-3-4-13(9)2/h3-4,7-8H,5-6,11H2,1-2H3. The number of nitrogens with two attached hydrogens (primary N) is 1. The van der Waals surface area contributed by atoms with Gasteiger partial charge < -0.3 is 15.2 Å². The highest BCUT2D eigenvalue weighted by atomic mass is 16.2. The maximum atomic E-state index is 12.0. The van der Waals surface area contributed by atoms with Crippen LogP contribution in [0.2, 0.25) is 0 Å². The summed E-state index contributed by atoms with van der Waals surface area (Å²) in [6.45, 7) is 3.43. The van der Waals surface area contributed by atoms with E-state index in [2.05, 4.69) is 11.9 Å². The zero-order valence-electron chi connectivity index (χ0n) is 9.05. The molecule has 2 unspecified atom stereocenters. The summed E-state index contributed by atoms with van der Waals surface area (Å²) in [5.74, 6) is 0.827. The Labute approximate surface area is 88.9 Å². The number of imidazole rings is 1. The molecule has 0 bridgehead atoms. The predicted molar refractivity (Wildman–Crippen MR) is 56.3 cm³/mol. The second-order valence-corrected chi connectivity index (χ2v) is 4.21. The van der Waals surface area contributed by atoms with E-state index in [-0.39, 0.29) is 11.9 Å². The number of hydrogen-bond acceptors (Lipinski definition) is 3. The first-order chi connectivity index (χ1) is 7.09. The molecule has 5 heteroatoms. The van der Waals surface area contributed by atoms with Gasteiger partial charge in [-0.05, 0) is 5.92 Å². The van der Waals surface area contributed by atoms with Crippen molar-refractivity contribution in [3.8, 4) is 0 Å². The predicted octanol–water partition coefficient (Wildman–Crippen LogP) is -0.161. The van der Waals surface area contributed by atoms with Gasteiger partial charge in [0.15, 0.2) is 5.82 Å². The van der Waals surface area contributed by atoms with E-state index < -0.39 is 0 Å². The number of rotatable bonds is 1. The molecule has 5 nitrogen and oxygen atoms in total. The Kier molecular flexibility index (Phi) is 2.48. The monoisotopic (exact) mass is 208 g/mol. The molecule has 1 amide bonds. The number of aromatic nitrogens is 2. The quantitative estimate of drug-likeness (QED) is 0.697. The molecule has 1 fully saturated rings. The molecule has 1 aromatic heterocycles. The second-order valence-electron chi connectivity index (χ2n) is 4.21. The highest BCUT2D eigenvalue weighted by molar-refractivity contribution is 5.91. The minimum absolute atomic E-state index is 0.0256. The van der Waals surface area contributed by atoms with E-state index in [1.54, 1.807) is 21.9 Å². The van der Waals surface area contributed by atoms with Crippen molar-refractivity contribution in [3.05, 3.63) is 18.2 Å². The molecule has 1 aliphatic rings. The molecule has 1 aliphatic heterocycles. The minimum atomic E-state index is -0.0256. The highest BCUT2D eigenvalue weighted by Gasteiger charge is 2.31. The third-order valence-corrected chi connectivity index (χ3v) is 2.97. The van der Waals surface area contributed by atoms with Crippen molar-refractivity contribution >= 4 is 5.91 Å². The van der Waals surface area contributed by atoms with E-state index >= 15 is 0 Å². The Morgan fingerprint density at radius 1 is 1.60 bits per heavy atom. The molecule has 0 radical (unpaired) electrons. The van der Waals surface area contributed by atoms with Crippen LogP contribution in [0.3, 0.4) is 0 Å². The van der Waals surface area contributed by atoms with Crippen molar-refractivity contribution in [3.63, 3.8) is 0 Å². The van der Waals surface area contributed by atoms with E-state index in [1.165, 1.54) is 0 Å². The van der Waals surface area contributed by atoms with Crippen LogP contribution in [-0.4, -0.2) is 39.5 Å². The first-order valence-electron chi connectivity index (χ1n) is 5.11. The maximum absolute atomic E-state index is 12.0. The van der Waals surface area contributed by atoms with Gasteiger partial charge in [0.25, 0.3) is 5.91 Å². The fraction of sp³-hybridized carbons (Fsp3) is 0.600. The number of likely N-dealkylation sites (tertiary alicyclic amines) is 1. The average Bonchev–Trinajstić information content (AvgIpc) is 2.74. The summed E-state index contributed by atoms with van der Waals surface area (Å²) in [6, 6.07) is 0.0919. The van der Waals surface area contributed by atoms with Gasteiger partial charge in [0.05, 0.1) is 0 Å². The third-order valence-electron chi connectivity index (χ3n) is 2.97. The van der Waals surface area contributed by atoms with E-state index in [4.69, 9.17) is 5.73 Å². The van der Waals surface area contributed by atoms with E-state index in [0.717, 1.165) is 6.54 Å². The van der Waals surface area contributed by atoms with E-state index in [1.807, 2.05) is 7.05 Å². The third kappa shape index (κ3) is 1.74. The number of nitrogens with zero attached hydrogens (tertiary/aromatic N) is 3. The maximum Gasteiger partial charge on any atom is 0.289 e. The fourth-order valence-corrected chi connectivity index (χ4v) is 1.87. The molecule has 1 aromatic rings. The van der Waals surface area contributed by atoms with Crippen molar-refractivity contribution in [2.75, 3.05) is 13.1 Å². The lowest BCUT2D eigenvalue weighted by Gasteiger charge is -2.14. The van der Waals surface area contributed by atoms with E-state index in [9.17, 15) is 4.79 Å². The molecule has 0 aliphatic carbocycles. The first kappa shape index (κ1) is 10.2. The van der Waals surface area contributed by atoms with Gasteiger partial charge in [-0.25, -0.2) is 4.98 Å². The van der Waals surface area contributed by atoms with Crippen LogP contribution in [-0.2, 0) is 7.05 Å². The van der Waals surface area contributed by atoms with Crippen LogP contribution in [0.1, 0.15) is 17.5 Å². The zero-order chi connectivity index (χ0) is 11.0. The number of hydrogen-bond donors (Lipinski definition) is 1. The summed E-state index contributed by atoms with van der Waals surface area (Å²) in [4.78, 5) is 17.8. The molecule has 2 heterocycles. The molecule has 1 saturated heterocycles. The van der Waals surface area contributed by atoms with Crippen molar-refractivity contribution in [1.82, 2.24) is 14.5 Å². The molecule has 2 rings (SSSR count). The molecular formula is C10H16N4O. The summed E-state index contributed by atoms with van der Waals surface area (Å²) in [7, 11) is 1.82. The normalized spacial score (nSPS) is 25.9. The number of carbonyl (C=O) groups excluding carboxylic acids is 1. The van der Waals surface area contributed by atoms with Crippen molar-refractivity contribution < 1.29 is 4.79 Å². The minimum Gasteiger partial charge on any atom is -0.334 e. The van der Waals surface area contributed by atoms with Crippen LogP contribution in [0.5, 0.6) is 0 Å². The summed E-state index contributed by atoms with van der Waals surface area (Å²) >= 11 is 0. The molecule has 0 aromatic carbocycles. The summed E-state index contributed by atoms with van der Waals surface area (Å²) in [5, 5.41) is 0. The van der Waals surface area contributed by atoms with Crippen LogP contribution < -0.4 is 5.73 Å². The Morgan fingerprint density at radius 3 is 2.80 bits per heavy atom. The SMILES string of the molecule is CC1CN(C(=O)c2nccn2C)CC1N. The summed E-state index contributed by atoms with van der Waals surface area (Å²) < 4.78 is 1.73. The Hall–Kier alpha value is -1.36. The van der Waals surface area contributed by atoms with Gasteiger partial charge >= 0.3 is 0 Å². The number of aryl methyl sites for hydroxylation is 1. The smallest absolute Gasteiger partial charge is 0.289 e. The van der Waals surface area contributed by atoms with Gasteiger partial charge in [0.2, 0.25) is 0 Å². The largest absolute Gasteiger partial charge is 0.334 e. The first-order valence-corrected chi connectivity index (χ1v) is 5.11. The molecule has 0 saturated carbocycles. The zero-order valence-corrected chi connectivity index (χ0v) is 9.05. The van der Waals surface area contributed by atoms with Gasteiger partial charge in [-0.2, -0.15) is 0 Å². The van der Waals surface area contributed by atoms with Crippen molar-refractivity contribution in [1.29, 1.82) is 0 Å². The van der Waals surface area contributed by atoms with Gasteiger partial charge in [-0.3, -0.25) is 4.79 Å². The molecule has 82 valence electrons. The molecule has 0 spiro atoms. The Morgan fingerprint density at radius 2 is 2.33 bits per heavy atom. The fourth-order valence-electron chi connectivity index (χ4n) is 1.87. The molecule has 2 N–H and O–H groups in total. The Bertz CT molecular complexity index is 363. The van der Waals surface area contributed by atoms with Crippen molar-refractivity contribution in [2.45, 2.75) is 13.0 Å². The number of carbonyl (C=O) groups is 1. The lowest BCUT2D eigenvalue weighted by molar-refractivity contribution is 0.0771. The molecule has 2 atom stereocenters. The lowest BCUT2D eigenvalue weighted by atomic mass is 10.1. The van der Waals surface area contributed by atoms with Gasteiger partial charge in [-0.1, -0.05) is 6.92 Å². The highest BCUT2D eigenvalue weighted by Crippen LogP contribution is 2.16. The van der Waals surface area contributed by atoms with E-state index in [0.29, 0.717) is 18.3 Å². The van der Waals surface area contributed by atoms with Crippen LogP contribution in [0.15, 0.2) is 12.4 Å². The van der Waals surface area contributed by atoms with Crippen LogP contribution in [0.4, 0.5) is 0 Å². The average molecular weight is 208 g/mol. The van der Waals surface area contributed by atoms with Crippen molar-refractivity contribution in [2.24, 2.45) is 18.7 Å². The molecular weight excluding hydrogens is 192 g/mol. The second kappa shape index (κ2) is 3.66. The van der Waals surface area contributed by atoms with Crippen LogP contribution in [0.25, 0.3) is 0 Å². The molecule has 15 heavy (non-hydrogen) atoms. The van der Waals surface area contributed by atoms with Gasteiger partial charge in [0, 0.05) is 38.6 Å². The van der Waals surface area contributed by atoms with Gasteiger partial charge in [0.1, 0.15) is 0 Å². The topological polar surface area (TPSA) is 64.2 Å². The summed E-state index contributed by atoms with van der Waals surface area (Å²) in [5.41, 5.74) is 5.88.